The maximum absolute atomic E-state index is 13.2. The molecular weight excluding hydrogens is 445 g/mol. The number of benzene rings is 1. The molecule has 3 heterocycles. The van der Waals surface area contributed by atoms with Crippen LogP contribution in [-0.2, 0) is 11.0 Å². The maximum atomic E-state index is 13.2. The zero-order valence-corrected chi connectivity index (χ0v) is 18.8. The highest BCUT2D eigenvalue weighted by Gasteiger charge is 2.59. The Morgan fingerprint density at radius 2 is 1.65 bits per heavy atom. The smallest absolute Gasteiger partial charge is 0.353 e. The molecule has 1 aromatic heterocycles. The van der Waals surface area contributed by atoms with E-state index in [1.807, 2.05) is 23.1 Å². The second kappa shape index (κ2) is 8.60. The number of pyridine rings is 1. The van der Waals surface area contributed by atoms with Gasteiger partial charge in [-0.2, -0.15) is 13.2 Å². The minimum Gasteiger partial charge on any atom is -0.353 e. The third-order valence-corrected chi connectivity index (χ3v) is 7.54. The van der Waals surface area contributed by atoms with Crippen LogP contribution in [0.5, 0.6) is 0 Å². The number of aromatic nitrogens is 1. The van der Waals surface area contributed by atoms with Gasteiger partial charge in [0.15, 0.2) is 0 Å². The number of hydrogen-bond acceptors (Lipinski definition) is 4. The summed E-state index contributed by atoms with van der Waals surface area (Å²) in [6.45, 7) is 3.77. The molecule has 2 saturated heterocycles. The minimum atomic E-state index is -4.48. The van der Waals surface area contributed by atoms with E-state index >= 15 is 0 Å². The van der Waals surface area contributed by atoms with Gasteiger partial charge >= 0.3 is 6.18 Å². The first-order valence-electron chi connectivity index (χ1n) is 11.7. The predicted octanol–water partition coefficient (Wildman–Crippen LogP) is 3.69. The fourth-order valence-electron chi connectivity index (χ4n) is 5.33. The number of hydrogen-bond donors (Lipinski definition) is 0. The Bertz CT molecular complexity index is 1060. The summed E-state index contributed by atoms with van der Waals surface area (Å²) >= 11 is 0. The van der Waals surface area contributed by atoms with Crippen LogP contribution in [0.25, 0.3) is 0 Å². The first-order valence-corrected chi connectivity index (χ1v) is 11.7. The van der Waals surface area contributed by atoms with Gasteiger partial charge in [0.2, 0.25) is 5.91 Å². The quantitative estimate of drug-likeness (QED) is 0.684. The highest BCUT2D eigenvalue weighted by atomic mass is 19.4. The second-order valence-corrected chi connectivity index (χ2v) is 9.49. The van der Waals surface area contributed by atoms with Crippen molar-refractivity contribution in [2.45, 2.75) is 25.4 Å². The highest BCUT2D eigenvalue weighted by molar-refractivity contribution is 5.94. The molecule has 1 atom stereocenters. The number of anilines is 1. The number of piperazine rings is 1. The number of likely N-dealkylation sites (tertiary alicyclic amines) is 1. The lowest BCUT2D eigenvalue weighted by Gasteiger charge is -2.37. The van der Waals surface area contributed by atoms with Crippen molar-refractivity contribution in [3.05, 3.63) is 59.8 Å². The van der Waals surface area contributed by atoms with Crippen molar-refractivity contribution in [1.29, 1.82) is 0 Å². The molecular formula is C25H27F3N4O2. The molecule has 1 aromatic carbocycles. The number of amides is 2. The number of rotatable bonds is 3. The van der Waals surface area contributed by atoms with Crippen LogP contribution in [0.15, 0.2) is 48.7 Å². The molecule has 9 heteroatoms. The van der Waals surface area contributed by atoms with Crippen LogP contribution >= 0.6 is 0 Å². The van der Waals surface area contributed by atoms with E-state index in [2.05, 4.69) is 9.88 Å². The minimum absolute atomic E-state index is 0.0142. The van der Waals surface area contributed by atoms with E-state index in [1.54, 1.807) is 11.1 Å². The standard InChI is InChI=1S/C25H27F3N4O2/c26-25(27,28)19-5-3-4-18(16-19)22(33)31-10-7-24(8-11-31)17-20(24)23(34)32-14-12-30(13-15-32)21-6-1-2-9-29-21/h1-6,9,16,20H,7-8,10-15,17H2/t20-/m1/s1. The Morgan fingerprint density at radius 3 is 2.29 bits per heavy atom. The third kappa shape index (κ3) is 4.35. The van der Waals surface area contributed by atoms with Gasteiger partial charge in [0, 0.05) is 56.9 Å². The molecule has 2 amide bonds. The van der Waals surface area contributed by atoms with Crippen molar-refractivity contribution in [1.82, 2.24) is 14.8 Å². The van der Waals surface area contributed by atoms with Crippen LogP contribution in [-0.4, -0.2) is 65.9 Å². The molecule has 34 heavy (non-hydrogen) atoms. The topological polar surface area (TPSA) is 56.8 Å². The fourth-order valence-corrected chi connectivity index (χ4v) is 5.33. The lowest BCUT2D eigenvalue weighted by Crippen LogP contribution is -2.50. The number of alkyl halides is 3. The summed E-state index contributed by atoms with van der Waals surface area (Å²) in [5, 5.41) is 0. The lowest BCUT2D eigenvalue weighted by atomic mass is 9.90. The molecule has 6 nitrogen and oxygen atoms in total. The van der Waals surface area contributed by atoms with Crippen LogP contribution in [0.1, 0.15) is 35.2 Å². The summed E-state index contributed by atoms with van der Waals surface area (Å²) in [5.74, 6) is 0.725. The Labute approximate surface area is 196 Å². The molecule has 2 aliphatic heterocycles. The Morgan fingerprint density at radius 1 is 0.912 bits per heavy atom. The van der Waals surface area contributed by atoms with Crippen LogP contribution in [0.2, 0.25) is 0 Å². The number of halogens is 3. The van der Waals surface area contributed by atoms with Crippen molar-refractivity contribution < 1.29 is 22.8 Å². The normalized spacial score (nSPS) is 22.1. The SMILES string of the molecule is O=C(c1cccc(C(F)(F)F)c1)N1CCC2(CC1)C[C@@H]2C(=O)N1CCN(c2ccccn2)CC1. The molecule has 0 N–H and O–H groups in total. The summed E-state index contributed by atoms with van der Waals surface area (Å²) in [4.78, 5) is 36.1. The molecule has 0 bridgehead atoms. The van der Waals surface area contributed by atoms with Gasteiger partial charge in [-0.25, -0.2) is 4.98 Å². The van der Waals surface area contributed by atoms with Crippen LogP contribution in [0.3, 0.4) is 0 Å². The lowest BCUT2D eigenvalue weighted by molar-refractivity contribution is -0.137. The predicted molar refractivity (Wildman–Crippen MR) is 120 cm³/mol. The van der Waals surface area contributed by atoms with Crippen molar-refractivity contribution >= 4 is 17.6 Å². The van der Waals surface area contributed by atoms with E-state index < -0.39 is 11.7 Å². The summed E-state index contributed by atoms with van der Waals surface area (Å²) in [5.41, 5.74) is -0.831. The number of carbonyl (C=O) groups is 2. The largest absolute Gasteiger partial charge is 0.416 e. The van der Waals surface area contributed by atoms with Crippen LogP contribution in [0, 0.1) is 11.3 Å². The summed E-state index contributed by atoms with van der Waals surface area (Å²) in [7, 11) is 0. The molecule has 1 spiro atoms. The van der Waals surface area contributed by atoms with E-state index in [0.29, 0.717) is 39.0 Å². The Kier molecular flexibility index (Phi) is 5.73. The average molecular weight is 473 g/mol. The first kappa shape index (κ1) is 22.7. The maximum Gasteiger partial charge on any atom is 0.416 e. The summed E-state index contributed by atoms with van der Waals surface area (Å²) < 4.78 is 39.0. The molecule has 3 fully saturated rings. The van der Waals surface area contributed by atoms with Gasteiger partial charge in [-0.15, -0.1) is 0 Å². The number of piperidine rings is 1. The molecule has 1 saturated carbocycles. The zero-order chi connectivity index (χ0) is 23.9. The van der Waals surface area contributed by atoms with Crippen molar-refractivity contribution in [2.24, 2.45) is 11.3 Å². The number of nitrogens with zero attached hydrogens (tertiary/aromatic N) is 4. The molecule has 0 radical (unpaired) electrons. The van der Waals surface area contributed by atoms with Crippen molar-refractivity contribution in [3.8, 4) is 0 Å². The Balaban J connectivity index is 1.14. The summed E-state index contributed by atoms with van der Waals surface area (Å²) in [6.07, 6.45) is -0.459. The van der Waals surface area contributed by atoms with Crippen molar-refractivity contribution in [3.63, 3.8) is 0 Å². The molecule has 2 aromatic rings. The fraction of sp³-hybridized carbons (Fsp3) is 0.480. The second-order valence-electron chi connectivity index (χ2n) is 9.49. The van der Waals surface area contributed by atoms with Gasteiger partial charge in [-0.05, 0) is 55.0 Å². The highest BCUT2D eigenvalue weighted by Crippen LogP contribution is 2.60. The van der Waals surface area contributed by atoms with Gasteiger partial charge in [0.25, 0.3) is 5.91 Å². The molecule has 0 unspecified atom stereocenters. The monoisotopic (exact) mass is 472 g/mol. The zero-order valence-electron chi connectivity index (χ0n) is 18.8. The van der Waals surface area contributed by atoms with E-state index in [-0.39, 0.29) is 28.7 Å². The van der Waals surface area contributed by atoms with Gasteiger partial charge in [0.05, 0.1) is 5.56 Å². The van der Waals surface area contributed by atoms with Crippen LogP contribution < -0.4 is 4.90 Å². The Hall–Kier alpha value is -3.10. The van der Waals surface area contributed by atoms with Gasteiger partial charge in [0.1, 0.15) is 5.82 Å². The molecule has 5 rings (SSSR count). The van der Waals surface area contributed by atoms with Gasteiger partial charge in [-0.3, -0.25) is 9.59 Å². The number of carbonyl (C=O) groups excluding carboxylic acids is 2. The average Bonchev–Trinajstić information content (AvgIpc) is 3.56. The summed E-state index contributed by atoms with van der Waals surface area (Å²) in [6, 6.07) is 10.4. The van der Waals surface area contributed by atoms with Crippen LogP contribution in [0.4, 0.5) is 19.0 Å². The first-order chi connectivity index (χ1) is 16.3. The van der Waals surface area contributed by atoms with Gasteiger partial charge in [-0.1, -0.05) is 12.1 Å². The molecule has 180 valence electrons. The van der Waals surface area contributed by atoms with E-state index in [9.17, 15) is 22.8 Å². The molecule has 3 aliphatic rings. The van der Waals surface area contributed by atoms with E-state index in [1.165, 1.54) is 12.1 Å². The molecule has 1 aliphatic carbocycles. The third-order valence-electron chi connectivity index (χ3n) is 7.54. The van der Waals surface area contributed by atoms with E-state index in [4.69, 9.17) is 0 Å². The van der Waals surface area contributed by atoms with E-state index in [0.717, 1.165) is 37.5 Å². The van der Waals surface area contributed by atoms with Gasteiger partial charge < -0.3 is 14.7 Å². The van der Waals surface area contributed by atoms with Crippen molar-refractivity contribution in [2.75, 3.05) is 44.2 Å².